The topological polar surface area (TPSA) is 60.2 Å². The van der Waals surface area contributed by atoms with Gasteiger partial charge in [-0.3, -0.25) is 0 Å². The number of methoxy groups -OCH3 is 1. The summed E-state index contributed by atoms with van der Waals surface area (Å²) in [6.07, 6.45) is 5.06. The third kappa shape index (κ3) is 3.38. The van der Waals surface area contributed by atoms with Crippen LogP contribution in [0.15, 0.2) is 4.52 Å². The van der Waals surface area contributed by atoms with E-state index in [1.54, 1.807) is 7.11 Å². The van der Waals surface area contributed by atoms with Gasteiger partial charge >= 0.3 is 0 Å². The van der Waals surface area contributed by atoms with E-state index < -0.39 is 0 Å². The third-order valence-electron chi connectivity index (χ3n) is 4.10. The van der Waals surface area contributed by atoms with Gasteiger partial charge in [0.15, 0.2) is 0 Å². The maximum atomic E-state index is 5.59. The summed E-state index contributed by atoms with van der Waals surface area (Å²) in [6.45, 7) is 7.55. The van der Waals surface area contributed by atoms with Crippen molar-refractivity contribution in [1.82, 2.24) is 15.5 Å². The molecular formula is C15H27N3O2. The molecule has 1 aliphatic rings. The molecule has 1 saturated carbocycles. The van der Waals surface area contributed by atoms with E-state index in [1.165, 1.54) is 6.42 Å². The van der Waals surface area contributed by atoms with E-state index in [1.807, 2.05) is 0 Å². The molecule has 114 valence electrons. The number of likely N-dealkylation sites (N-methyl/N-ethyl adjacent to an activating group) is 1. The average molecular weight is 281 g/mol. The molecule has 0 amide bonds. The van der Waals surface area contributed by atoms with Gasteiger partial charge in [0.25, 0.3) is 0 Å². The van der Waals surface area contributed by atoms with E-state index in [0.717, 1.165) is 43.9 Å². The first-order chi connectivity index (χ1) is 9.59. The van der Waals surface area contributed by atoms with E-state index >= 15 is 0 Å². The van der Waals surface area contributed by atoms with Crippen LogP contribution >= 0.6 is 0 Å². The summed E-state index contributed by atoms with van der Waals surface area (Å²) in [4.78, 5) is 4.56. The fraction of sp³-hybridized carbons (Fsp3) is 0.867. The minimum Gasteiger partial charge on any atom is -0.370 e. The maximum Gasteiger partial charge on any atom is 0.228 e. The quantitative estimate of drug-likeness (QED) is 0.794. The zero-order chi connectivity index (χ0) is 14.6. The van der Waals surface area contributed by atoms with Crippen molar-refractivity contribution < 1.29 is 9.26 Å². The molecule has 0 radical (unpaired) electrons. The van der Waals surface area contributed by atoms with Gasteiger partial charge in [-0.15, -0.1) is 0 Å². The van der Waals surface area contributed by atoms with Crippen molar-refractivity contribution in [1.29, 1.82) is 0 Å². The smallest absolute Gasteiger partial charge is 0.228 e. The molecule has 1 N–H and O–H groups in total. The van der Waals surface area contributed by atoms with Crippen LogP contribution in [0.5, 0.6) is 0 Å². The fourth-order valence-electron chi connectivity index (χ4n) is 2.85. The highest BCUT2D eigenvalue weighted by molar-refractivity contribution is 5.07. The first-order valence-electron chi connectivity index (χ1n) is 7.71. The molecule has 0 aromatic carbocycles. The number of nitrogens with zero attached hydrogens (tertiary/aromatic N) is 2. The lowest BCUT2D eigenvalue weighted by Crippen LogP contribution is -2.37. The van der Waals surface area contributed by atoms with Gasteiger partial charge in [0.1, 0.15) is 5.60 Å². The molecule has 5 nitrogen and oxygen atoms in total. The Kier molecular flexibility index (Phi) is 5.16. The zero-order valence-electron chi connectivity index (χ0n) is 13.1. The van der Waals surface area contributed by atoms with Crippen LogP contribution in [0.3, 0.4) is 0 Å². The van der Waals surface area contributed by atoms with Crippen LogP contribution in [0.25, 0.3) is 0 Å². The molecule has 5 heteroatoms. The van der Waals surface area contributed by atoms with Crippen LogP contribution in [0, 0.1) is 5.92 Å². The second-order valence-corrected chi connectivity index (χ2v) is 6.15. The Hall–Kier alpha value is -0.940. The standard InChI is InChI=1S/C15H27N3O2/c1-5-16-12(9-11(2)3)10-13-17-14(18-20-13)15(19-4)7-6-8-15/h11-12,16H,5-10H2,1-4H3. The lowest BCUT2D eigenvalue weighted by atomic mass is 9.79. The Bertz CT molecular complexity index is 407. The summed E-state index contributed by atoms with van der Waals surface area (Å²) in [7, 11) is 1.73. The summed E-state index contributed by atoms with van der Waals surface area (Å²) >= 11 is 0. The molecular weight excluding hydrogens is 254 g/mol. The molecule has 1 aromatic rings. The molecule has 20 heavy (non-hydrogen) atoms. The van der Waals surface area contributed by atoms with Crippen LogP contribution in [0.2, 0.25) is 0 Å². The highest BCUT2D eigenvalue weighted by Crippen LogP contribution is 2.42. The normalized spacial score (nSPS) is 19.1. The molecule has 2 rings (SSSR count). The lowest BCUT2D eigenvalue weighted by Gasteiger charge is -2.37. The molecule has 0 saturated heterocycles. The molecule has 0 bridgehead atoms. The first-order valence-corrected chi connectivity index (χ1v) is 7.71. The Balaban J connectivity index is 2.00. The average Bonchev–Trinajstić information content (AvgIpc) is 2.77. The van der Waals surface area contributed by atoms with Gasteiger partial charge in [0, 0.05) is 19.6 Å². The van der Waals surface area contributed by atoms with Gasteiger partial charge < -0.3 is 14.6 Å². The summed E-state index contributed by atoms with van der Waals surface area (Å²) in [6, 6.07) is 0.396. The van der Waals surface area contributed by atoms with E-state index in [0.29, 0.717) is 12.0 Å². The zero-order valence-corrected chi connectivity index (χ0v) is 13.1. The van der Waals surface area contributed by atoms with Crippen LogP contribution in [0.4, 0.5) is 0 Å². The van der Waals surface area contributed by atoms with Crippen LogP contribution in [0.1, 0.15) is 58.2 Å². The number of nitrogens with one attached hydrogen (secondary N) is 1. The molecule has 1 fully saturated rings. The van der Waals surface area contributed by atoms with Crippen LogP contribution in [-0.2, 0) is 16.8 Å². The second kappa shape index (κ2) is 6.68. The van der Waals surface area contributed by atoms with Crippen molar-refractivity contribution in [3.05, 3.63) is 11.7 Å². The first kappa shape index (κ1) is 15.4. The summed E-state index contributed by atoms with van der Waals surface area (Å²) in [5.74, 6) is 2.09. The number of ether oxygens (including phenoxy) is 1. The van der Waals surface area contributed by atoms with Gasteiger partial charge in [-0.25, -0.2) is 0 Å². The number of hydrogen-bond acceptors (Lipinski definition) is 5. The molecule has 1 heterocycles. The van der Waals surface area contributed by atoms with Gasteiger partial charge in [-0.05, 0) is 38.1 Å². The Morgan fingerprint density at radius 2 is 2.15 bits per heavy atom. The monoisotopic (exact) mass is 281 g/mol. The molecule has 1 aromatic heterocycles. The molecule has 1 aliphatic carbocycles. The predicted octanol–water partition coefficient (Wildman–Crippen LogP) is 2.66. The summed E-state index contributed by atoms with van der Waals surface area (Å²) < 4.78 is 11.0. The number of rotatable bonds is 8. The number of aromatic nitrogens is 2. The molecule has 1 atom stereocenters. The van der Waals surface area contributed by atoms with Crippen molar-refractivity contribution in [3.63, 3.8) is 0 Å². The summed E-state index contributed by atoms with van der Waals surface area (Å²) in [5.41, 5.74) is -0.284. The van der Waals surface area contributed by atoms with E-state index in [9.17, 15) is 0 Å². The molecule has 0 spiro atoms. The van der Waals surface area contributed by atoms with E-state index in [4.69, 9.17) is 9.26 Å². The molecule has 0 aliphatic heterocycles. The second-order valence-electron chi connectivity index (χ2n) is 6.15. The van der Waals surface area contributed by atoms with Gasteiger partial charge in [-0.2, -0.15) is 4.98 Å². The van der Waals surface area contributed by atoms with E-state index in [-0.39, 0.29) is 5.60 Å². The molecule has 1 unspecified atom stereocenters. The SMILES string of the molecule is CCNC(Cc1nc(C2(OC)CCC2)no1)CC(C)C. The van der Waals surface area contributed by atoms with Gasteiger partial charge in [0.2, 0.25) is 11.7 Å². The minimum atomic E-state index is -0.284. The van der Waals surface area contributed by atoms with E-state index in [2.05, 4.69) is 36.2 Å². The van der Waals surface area contributed by atoms with Crippen molar-refractivity contribution in [2.45, 2.75) is 64.5 Å². The third-order valence-corrected chi connectivity index (χ3v) is 4.10. The Morgan fingerprint density at radius 3 is 2.65 bits per heavy atom. The Labute approximate surface area is 121 Å². The fourth-order valence-corrected chi connectivity index (χ4v) is 2.85. The van der Waals surface area contributed by atoms with Crippen LogP contribution < -0.4 is 5.32 Å². The van der Waals surface area contributed by atoms with Gasteiger partial charge in [0.05, 0.1) is 0 Å². The largest absolute Gasteiger partial charge is 0.370 e. The maximum absolute atomic E-state index is 5.59. The Morgan fingerprint density at radius 1 is 1.40 bits per heavy atom. The minimum absolute atomic E-state index is 0.284. The lowest BCUT2D eigenvalue weighted by molar-refractivity contribution is -0.0858. The predicted molar refractivity (Wildman–Crippen MR) is 77.5 cm³/mol. The van der Waals surface area contributed by atoms with Crippen molar-refractivity contribution >= 4 is 0 Å². The van der Waals surface area contributed by atoms with Crippen molar-refractivity contribution in [2.24, 2.45) is 5.92 Å². The van der Waals surface area contributed by atoms with Crippen molar-refractivity contribution in [3.8, 4) is 0 Å². The van der Waals surface area contributed by atoms with Crippen LogP contribution in [-0.4, -0.2) is 29.8 Å². The highest BCUT2D eigenvalue weighted by Gasteiger charge is 2.43. The van der Waals surface area contributed by atoms with Crippen molar-refractivity contribution in [2.75, 3.05) is 13.7 Å². The highest BCUT2D eigenvalue weighted by atomic mass is 16.5. The van der Waals surface area contributed by atoms with Gasteiger partial charge in [-0.1, -0.05) is 25.9 Å². The number of hydrogen-bond donors (Lipinski definition) is 1. The summed E-state index contributed by atoms with van der Waals surface area (Å²) in [5, 5.41) is 7.63.